The van der Waals surface area contributed by atoms with Gasteiger partial charge >= 0.3 is 7.32 Å². The van der Waals surface area contributed by atoms with E-state index < -0.39 is 48.3 Å². The molecule has 0 atom stereocenters. The van der Waals surface area contributed by atoms with Gasteiger partial charge in [0, 0.05) is 17.5 Å². The van der Waals surface area contributed by atoms with Crippen molar-refractivity contribution >= 4 is 7.32 Å². The minimum absolute atomic E-state index is 0.0242. The van der Waals surface area contributed by atoms with Crippen LogP contribution in [0.2, 0.25) is 0 Å². The summed E-state index contributed by atoms with van der Waals surface area (Å²) in [4.78, 5) is 0. The summed E-state index contributed by atoms with van der Waals surface area (Å²) in [6, 6.07) is 3.46. The molecular weight excluding hydrogens is 415 g/mol. The maximum absolute atomic E-state index is 14.6. The van der Waals surface area contributed by atoms with Gasteiger partial charge in [-0.25, -0.2) is 8.78 Å². The van der Waals surface area contributed by atoms with Gasteiger partial charge in [0.05, 0.1) is 6.10 Å². The van der Waals surface area contributed by atoms with Gasteiger partial charge in [-0.05, 0) is 36.8 Å². The van der Waals surface area contributed by atoms with Crippen LogP contribution in [-0.2, 0) is 6.42 Å². The molecule has 0 aliphatic rings. The van der Waals surface area contributed by atoms with Crippen molar-refractivity contribution in [2.45, 2.75) is 65.9 Å². The Morgan fingerprint density at radius 1 is 0.806 bits per heavy atom. The first-order valence-corrected chi connectivity index (χ1v) is 10.1. The van der Waals surface area contributed by atoms with E-state index in [1.807, 2.05) is 47.6 Å². The molecule has 170 valence electrons. The summed E-state index contributed by atoms with van der Waals surface area (Å²) in [7, 11) is -2.64. The fourth-order valence-electron chi connectivity index (χ4n) is 3.48. The minimum Gasteiger partial charge on any atom is -0.507 e. The summed E-state index contributed by atoms with van der Waals surface area (Å²) in [6.45, 7) is 11.6. The molecule has 2 N–H and O–H groups in total. The number of halogens is 4. The lowest BCUT2D eigenvalue weighted by molar-refractivity contribution is 0.236. The topological polar surface area (TPSA) is 58.9 Å². The van der Waals surface area contributed by atoms with E-state index in [-0.39, 0.29) is 17.9 Å². The van der Waals surface area contributed by atoms with Gasteiger partial charge in [0.15, 0.2) is 17.4 Å². The molecule has 0 spiro atoms. The highest BCUT2D eigenvalue weighted by Crippen LogP contribution is 2.40. The molecule has 0 aliphatic carbocycles. The molecule has 2 aromatic rings. The van der Waals surface area contributed by atoms with Gasteiger partial charge < -0.3 is 19.4 Å². The van der Waals surface area contributed by atoms with Crippen molar-refractivity contribution in [3.05, 3.63) is 57.7 Å². The lowest BCUT2D eigenvalue weighted by Crippen LogP contribution is -2.23. The first-order valence-electron chi connectivity index (χ1n) is 10.1. The summed E-state index contributed by atoms with van der Waals surface area (Å²) in [5, 5.41) is 17.5. The smallest absolute Gasteiger partial charge is 0.507 e. The van der Waals surface area contributed by atoms with E-state index in [0.29, 0.717) is 11.3 Å². The second kappa shape index (κ2) is 9.91. The molecule has 9 heteroatoms. The predicted octanol–water partition coefficient (Wildman–Crippen LogP) is 5.22. The van der Waals surface area contributed by atoms with E-state index in [2.05, 4.69) is 4.65 Å². The van der Waals surface area contributed by atoms with Gasteiger partial charge in [0.25, 0.3) is 0 Å². The van der Waals surface area contributed by atoms with Gasteiger partial charge in [-0.3, -0.25) is 0 Å². The third-order valence-electron chi connectivity index (χ3n) is 4.77. The Morgan fingerprint density at radius 2 is 1.35 bits per heavy atom. The molecule has 0 saturated heterocycles. The van der Waals surface area contributed by atoms with E-state index >= 15 is 0 Å². The molecule has 2 aromatic carbocycles. The summed E-state index contributed by atoms with van der Waals surface area (Å²) in [5.74, 6) is -7.98. The number of rotatable bonds is 8. The Labute approximate surface area is 180 Å². The number of hydrogen-bond donors (Lipinski definition) is 2. The van der Waals surface area contributed by atoms with Crippen LogP contribution in [0.5, 0.6) is 11.5 Å². The van der Waals surface area contributed by atoms with E-state index in [4.69, 9.17) is 14.8 Å². The lowest BCUT2D eigenvalue weighted by Gasteiger charge is -2.25. The third-order valence-corrected chi connectivity index (χ3v) is 4.77. The second-order valence-electron chi connectivity index (χ2n) is 8.22. The minimum atomic E-state index is -2.64. The molecule has 0 bridgehead atoms. The second-order valence-corrected chi connectivity index (χ2v) is 8.22. The molecule has 0 heterocycles. The monoisotopic (exact) mass is 442 g/mol. The van der Waals surface area contributed by atoms with Crippen molar-refractivity contribution in [1.29, 1.82) is 0 Å². The first-order chi connectivity index (χ1) is 14.4. The van der Waals surface area contributed by atoms with Crippen molar-refractivity contribution < 1.29 is 37.0 Å². The van der Waals surface area contributed by atoms with Gasteiger partial charge in [-0.1, -0.05) is 39.8 Å². The van der Waals surface area contributed by atoms with Gasteiger partial charge in [0.2, 0.25) is 11.6 Å². The van der Waals surface area contributed by atoms with Crippen LogP contribution in [0.3, 0.4) is 0 Å². The highest BCUT2D eigenvalue weighted by atomic mass is 19.2. The fourth-order valence-corrected chi connectivity index (χ4v) is 3.48. The average Bonchev–Trinajstić information content (AvgIpc) is 2.66. The van der Waals surface area contributed by atoms with Gasteiger partial charge in [-0.2, -0.15) is 8.78 Å². The van der Waals surface area contributed by atoms with Crippen molar-refractivity contribution in [3.63, 3.8) is 0 Å². The van der Waals surface area contributed by atoms with Crippen molar-refractivity contribution in [1.82, 2.24) is 0 Å². The molecule has 0 fully saturated rings. The van der Waals surface area contributed by atoms with Crippen molar-refractivity contribution in [2.75, 3.05) is 0 Å². The standard InChI is InChI=1S/C22H27BF4O4/c1-10(2)14-8-7-13(21(30-12(5)6)16(14)11(3)4)9-15-17(24)19(26)22(31-23(28)29)20(27)18(15)25/h7-8,10-12,28-29H,9H2,1-6H3. The SMILES string of the molecule is CC(C)Oc1c(Cc2c(F)c(F)c(OB(O)O)c(F)c2F)ccc(C(C)C)c1C(C)C. The Kier molecular flexibility index (Phi) is 8.00. The number of benzene rings is 2. The molecule has 0 saturated carbocycles. The molecule has 0 radical (unpaired) electrons. The zero-order valence-electron chi connectivity index (χ0n) is 18.4. The van der Waals surface area contributed by atoms with Gasteiger partial charge in [0.1, 0.15) is 5.75 Å². The Morgan fingerprint density at radius 3 is 1.77 bits per heavy atom. The number of ether oxygens (including phenoxy) is 1. The van der Waals surface area contributed by atoms with E-state index in [0.717, 1.165) is 11.1 Å². The van der Waals surface area contributed by atoms with Crippen LogP contribution in [0, 0.1) is 23.3 Å². The van der Waals surface area contributed by atoms with Crippen LogP contribution in [0.1, 0.15) is 75.6 Å². The normalized spacial score (nSPS) is 11.6. The van der Waals surface area contributed by atoms with Crippen molar-refractivity contribution in [3.8, 4) is 11.5 Å². The van der Waals surface area contributed by atoms with E-state index in [9.17, 15) is 17.6 Å². The van der Waals surface area contributed by atoms with Crippen LogP contribution in [-0.4, -0.2) is 23.5 Å². The average molecular weight is 442 g/mol. The molecule has 0 amide bonds. The molecule has 0 aliphatic heterocycles. The Balaban J connectivity index is 2.70. The van der Waals surface area contributed by atoms with Crippen LogP contribution < -0.4 is 9.39 Å². The zero-order chi connectivity index (χ0) is 23.6. The van der Waals surface area contributed by atoms with E-state index in [1.54, 1.807) is 6.07 Å². The maximum atomic E-state index is 14.6. The summed E-state index contributed by atoms with van der Waals surface area (Å²) >= 11 is 0. The quantitative estimate of drug-likeness (QED) is 0.335. The van der Waals surface area contributed by atoms with Crippen LogP contribution >= 0.6 is 0 Å². The van der Waals surface area contributed by atoms with Crippen LogP contribution in [0.4, 0.5) is 17.6 Å². The summed E-state index contributed by atoms with van der Waals surface area (Å²) < 4.78 is 67.9. The molecule has 31 heavy (non-hydrogen) atoms. The van der Waals surface area contributed by atoms with Crippen LogP contribution in [0.15, 0.2) is 12.1 Å². The molecule has 0 aromatic heterocycles. The fraction of sp³-hybridized carbons (Fsp3) is 0.455. The number of hydrogen-bond acceptors (Lipinski definition) is 4. The molecular formula is C22H27BF4O4. The molecule has 4 nitrogen and oxygen atoms in total. The van der Waals surface area contributed by atoms with Crippen LogP contribution in [0.25, 0.3) is 0 Å². The highest BCUT2D eigenvalue weighted by molar-refractivity contribution is 6.33. The third kappa shape index (κ3) is 5.33. The Hall–Kier alpha value is -2.26. The molecule has 0 unspecified atom stereocenters. The molecule has 2 rings (SSSR count). The maximum Gasteiger partial charge on any atom is 0.707 e. The largest absolute Gasteiger partial charge is 0.707 e. The van der Waals surface area contributed by atoms with Crippen molar-refractivity contribution in [2.24, 2.45) is 0 Å². The summed E-state index contributed by atoms with van der Waals surface area (Å²) in [5.41, 5.74) is 1.39. The summed E-state index contributed by atoms with van der Waals surface area (Å²) in [6.07, 6.45) is -0.725. The van der Waals surface area contributed by atoms with Gasteiger partial charge in [-0.15, -0.1) is 0 Å². The first kappa shape index (κ1) is 25.0. The van der Waals surface area contributed by atoms with E-state index in [1.165, 1.54) is 0 Å². The highest BCUT2D eigenvalue weighted by Gasteiger charge is 2.30. The lowest BCUT2D eigenvalue weighted by atomic mass is 9.86. The Bertz CT molecular complexity index is 917. The predicted molar refractivity (Wildman–Crippen MR) is 110 cm³/mol. The zero-order valence-corrected chi connectivity index (χ0v) is 18.4.